The van der Waals surface area contributed by atoms with Crippen molar-refractivity contribution in [3.8, 4) is 0 Å². The van der Waals surface area contributed by atoms with Gasteiger partial charge in [-0.25, -0.2) is 0 Å². The van der Waals surface area contributed by atoms with Gasteiger partial charge in [0, 0.05) is 6.42 Å². The summed E-state index contributed by atoms with van der Waals surface area (Å²) in [6, 6.07) is 0. The summed E-state index contributed by atoms with van der Waals surface area (Å²) >= 11 is 0. The molecule has 0 bridgehead atoms. The lowest BCUT2D eigenvalue weighted by molar-refractivity contribution is -0.131. The molecule has 0 rings (SSSR count). The summed E-state index contributed by atoms with van der Waals surface area (Å²) in [4.78, 5) is 14.3. The molecule has 0 aliphatic carbocycles. The topological polar surface area (TPSA) is 40.4 Å². The first kappa shape index (κ1) is 6.43. The Bertz CT molecular complexity index is 62.7. The predicted molar refractivity (Wildman–Crippen MR) is 24.4 cm³/mol. The first-order chi connectivity index (χ1) is 3.31. The number of amides is 1. The molecular formula is C4H8NO2. The second-order valence-corrected chi connectivity index (χ2v) is 1.02. The number of hydroxylamine groups is 1. The van der Waals surface area contributed by atoms with Gasteiger partial charge in [-0.1, -0.05) is 12.4 Å². The van der Waals surface area contributed by atoms with Crippen LogP contribution in [0.5, 0.6) is 0 Å². The van der Waals surface area contributed by atoms with Crippen LogP contribution in [0.25, 0.3) is 0 Å². The Morgan fingerprint density at radius 1 is 1.86 bits per heavy atom. The highest BCUT2D eigenvalue weighted by Crippen LogP contribution is 1.73. The zero-order chi connectivity index (χ0) is 5.70. The highest BCUT2D eigenvalue weighted by Gasteiger charge is 1.93. The van der Waals surface area contributed by atoms with Gasteiger partial charge in [0.1, 0.15) is 0 Å². The third kappa shape index (κ3) is 3.26. The smallest absolute Gasteiger partial charge is 0.269 e. The van der Waals surface area contributed by atoms with Gasteiger partial charge in [0.05, 0.1) is 7.11 Å². The van der Waals surface area contributed by atoms with E-state index in [1.54, 1.807) is 6.92 Å². The second kappa shape index (κ2) is 3.61. The Morgan fingerprint density at radius 3 is 2.57 bits per heavy atom. The van der Waals surface area contributed by atoms with E-state index in [4.69, 9.17) is 0 Å². The molecule has 0 fully saturated rings. The average molecular weight is 102 g/mol. The zero-order valence-electron chi connectivity index (χ0n) is 4.47. The van der Waals surface area contributed by atoms with Crippen LogP contribution in [0.15, 0.2) is 0 Å². The normalized spacial score (nSPS) is 8.29. The van der Waals surface area contributed by atoms with Gasteiger partial charge < -0.3 is 0 Å². The number of carbonyl (C=O) groups is 1. The van der Waals surface area contributed by atoms with Crippen molar-refractivity contribution in [1.82, 2.24) is 5.48 Å². The van der Waals surface area contributed by atoms with Crippen molar-refractivity contribution in [3.05, 3.63) is 0 Å². The van der Waals surface area contributed by atoms with Gasteiger partial charge in [-0.2, -0.15) is 0 Å². The summed E-state index contributed by atoms with van der Waals surface area (Å²) in [7, 11) is 1.35. The molecule has 1 amide bonds. The average Bonchev–Trinajstić information content (AvgIpc) is 1.68. The van der Waals surface area contributed by atoms with Gasteiger partial charge in [-0.05, 0) is 0 Å². The molecule has 0 aliphatic rings. The number of rotatable bonds is 2. The molecule has 0 N–H and O–H groups in total. The van der Waals surface area contributed by atoms with Gasteiger partial charge in [0.25, 0.3) is 5.91 Å². The molecule has 0 aromatic heterocycles. The molecule has 3 heteroatoms. The van der Waals surface area contributed by atoms with Crippen LogP contribution in [0.2, 0.25) is 0 Å². The molecule has 7 heavy (non-hydrogen) atoms. The Labute approximate surface area is 42.6 Å². The highest BCUT2D eigenvalue weighted by molar-refractivity contribution is 5.73. The summed E-state index contributed by atoms with van der Waals surface area (Å²) in [6.07, 6.45) is 0.411. The first-order valence-electron chi connectivity index (χ1n) is 2.08. The van der Waals surface area contributed by atoms with Crippen LogP contribution in [0.4, 0.5) is 0 Å². The Morgan fingerprint density at radius 2 is 2.43 bits per heavy atom. The number of carbonyl (C=O) groups excluding carboxylic acids is 1. The fraction of sp³-hybridized carbons (Fsp3) is 0.750. The monoisotopic (exact) mass is 102 g/mol. The van der Waals surface area contributed by atoms with Crippen LogP contribution in [0.3, 0.4) is 0 Å². The fourth-order valence-corrected chi connectivity index (χ4v) is 0.166. The molecule has 0 saturated heterocycles. The maximum Gasteiger partial charge on any atom is 0.269 e. The molecular weight excluding hydrogens is 94.0 g/mol. The van der Waals surface area contributed by atoms with Crippen LogP contribution in [-0.2, 0) is 9.63 Å². The third-order valence-electron chi connectivity index (χ3n) is 0.496. The largest absolute Gasteiger partial charge is 0.270 e. The van der Waals surface area contributed by atoms with Crippen molar-refractivity contribution in [2.24, 2.45) is 0 Å². The SMILES string of the molecule is CCC(=O)[N]OC. The van der Waals surface area contributed by atoms with E-state index in [2.05, 4.69) is 10.3 Å². The van der Waals surface area contributed by atoms with Crippen molar-refractivity contribution >= 4 is 5.91 Å². The van der Waals surface area contributed by atoms with Gasteiger partial charge in [0.15, 0.2) is 0 Å². The van der Waals surface area contributed by atoms with Gasteiger partial charge in [-0.3, -0.25) is 9.63 Å². The van der Waals surface area contributed by atoms with Crippen molar-refractivity contribution < 1.29 is 9.63 Å². The minimum atomic E-state index is -0.220. The summed E-state index contributed by atoms with van der Waals surface area (Å²) in [5, 5.41) is 0. The zero-order valence-corrected chi connectivity index (χ0v) is 4.47. The molecule has 0 saturated carbocycles. The maximum absolute atomic E-state index is 10.1. The lowest BCUT2D eigenvalue weighted by Crippen LogP contribution is -2.11. The Hall–Kier alpha value is -0.570. The van der Waals surface area contributed by atoms with E-state index in [0.717, 1.165) is 0 Å². The van der Waals surface area contributed by atoms with Gasteiger partial charge in [-0.15, -0.1) is 0 Å². The van der Waals surface area contributed by atoms with E-state index in [1.807, 2.05) is 0 Å². The fourth-order valence-electron chi connectivity index (χ4n) is 0.166. The number of hydrogen-bond acceptors (Lipinski definition) is 2. The molecule has 0 atom stereocenters. The van der Waals surface area contributed by atoms with E-state index in [-0.39, 0.29) is 5.91 Å². The highest BCUT2D eigenvalue weighted by atomic mass is 16.6. The van der Waals surface area contributed by atoms with Crippen LogP contribution in [0.1, 0.15) is 13.3 Å². The Balaban J connectivity index is 3.00. The maximum atomic E-state index is 10.1. The van der Waals surface area contributed by atoms with E-state index in [1.165, 1.54) is 7.11 Å². The van der Waals surface area contributed by atoms with E-state index < -0.39 is 0 Å². The minimum absolute atomic E-state index is 0.220. The van der Waals surface area contributed by atoms with Crippen molar-refractivity contribution in [1.29, 1.82) is 0 Å². The second-order valence-electron chi connectivity index (χ2n) is 1.02. The van der Waals surface area contributed by atoms with Crippen LogP contribution in [-0.4, -0.2) is 13.0 Å². The van der Waals surface area contributed by atoms with Crippen molar-refractivity contribution in [2.75, 3.05) is 7.11 Å². The summed E-state index contributed by atoms with van der Waals surface area (Å²) in [5.74, 6) is -0.220. The van der Waals surface area contributed by atoms with Crippen LogP contribution < -0.4 is 5.48 Å². The van der Waals surface area contributed by atoms with Crippen LogP contribution >= 0.6 is 0 Å². The van der Waals surface area contributed by atoms with Gasteiger partial charge in [0.2, 0.25) is 0 Å². The lowest BCUT2D eigenvalue weighted by Gasteiger charge is -1.88. The molecule has 0 aliphatic heterocycles. The minimum Gasteiger partial charge on any atom is -0.270 e. The van der Waals surface area contributed by atoms with E-state index >= 15 is 0 Å². The summed E-state index contributed by atoms with van der Waals surface area (Å²) in [5.41, 5.74) is 3.10. The first-order valence-corrected chi connectivity index (χ1v) is 2.08. The quantitative estimate of drug-likeness (QED) is 0.463. The standard InChI is InChI=1S/C4H8NO2/c1-3-4(6)5-7-2/h3H2,1-2H3. The molecule has 0 heterocycles. The predicted octanol–water partition coefficient (Wildman–Crippen LogP) is 0.0888. The Kier molecular flexibility index (Phi) is 3.32. The third-order valence-corrected chi connectivity index (χ3v) is 0.496. The van der Waals surface area contributed by atoms with E-state index in [0.29, 0.717) is 6.42 Å². The number of nitrogens with zero attached hydrogens (tertiary/aromatic N) is 1. The molecule has 1 radical (unpaired) electrons. The van der Waals surface area contributed by atoms with Crippen molar-refractivity contribution in [2.45, 2.75) is 13.3 Å². The summed E-state index contributed by atoms with van der Waals surface area (Å²) < 4.78 is 0. The van der Waals surface area contributed by atoms with Crippen LogP contribution in [0, 0.1) is 0 Å². The molecule has 0 spiro atoms. The molecule has 0 unspecified atom stereocenters. The summed E-state index contributed by atoms with van der Waals surface area (Å²) in [6.45, 7) is 1.73. The molecule has 41 valence electrons. The van der Waals surface area contributed by atoms with Gasteiger partial charge >= 0.3 is 0 Å². The van der Waals surface area contributed by atoms with E-state index in [9.17, 15) is 4.79 Å². The lowest BCUT2D eigenvalue weighted by atomic mass is 10.5. The molecule has 0 aromatic carbocycles. The van der Waals surface area contributed by atoms with Crippen molar-refractivity contribution in [3.63, 3.8) is 0 Å². The molecule has 0 aromatic rings. The molecule has 3 nitrogen and oxygen atoms in total. The number of hydrogen-bond donors (Lipinski definition) is 0.